The van der Waals surface area contributed by atoms with Gasteiger partial charge in [-0.3, -0.25) is 10.1 Å². The molecule has 0 aliphatic rings. The molecule has 19 heavy (non-hydrogen) atoms. The van der Waals surface area contributed by atoms with E-state index in [0.717, 1.165) is 19.1 Å². The van der Waals surface area contributed by atoms with Crippen LogP contribution in [0.3, 0.4) is 0 Å². The van der Waals surface area contributed by atoms with Crippen LogP contribution in [0.5, 0.6) is 11.5 Å². The third kappa shape index (κ3) is 3.07. The summed E-state index contributed by atoms with van der Waals surface area (Å²) in [5.41, 5.74) is -1.11. The summed E-state index contributed by atoms with van der Waals surface area (Å²) in [6.07, 6.45) is -4.58. The molecule has 0 radical (unpaired) electrons. The molecule has 0 saturated carbocycles. The molecule has 0 N–H and O–H groups in total. The van der Waals surface area contributed by atoms with Gasteiger partial charge in [0.2, 0.25) is 0 Å². The molecule has 0 amide bonds. The number of alkyl halides is 3. The van der Waals surface area contributed by atoms with E-state index in [4.69, 9.17) is 9.47 Å². The first-order chi connectivity index (χ1) is 8.72. The van der Waals surface area contributed by atoms with E-state index in [1.165, 1.54) is 14.2 Å². The van der Waals surface area contributed by atoms with Crippen molar-refractivity contribution in [2.75, 3.05) is 14.2 Å². The van der Waals surface area contributed by atoms with Gasteiger partial charge in [-0.25, -0.2) is 0 Å². The fourth-order valence-electron chi connectivity index (χ4n) is 1.57. The van der Waals surface area contributed by atoms with Crippen LogP contribution in [0.15, 0.2) is 12.1 Å². The van der Waals surface area contributed by atoms with Crippen LogP contribution >= 0.6 is 0 Å². The highest BCUT2D eigenvalue weighted by Gasteiger charge is 2.41. The predicted octanol–water partition coefficient (Wildman–Crippen LogP) is 3.28. The molecule has 1 aromatic rings. The molecule has 106 valence electrons. The highest BCUT2D eigenvalue weighted by molar-refractivity contribution is 5.55. The fraction of sp³-hybridized carbons (Fsp3) is 0.455. The lowest BCUT2D eigenvalue weighted by molar-refractivity contribution is -0.386. The zero-order chi connectivity index (χ0) is 14.8. The van der Waals surface area contributed by atoms with Crippen LogP contribution < -0.4 is 9.47 Å². The molecule has 0 bridgehead atoms. The zero-order valence-corrected chi connectivity index (χ0v) is 10.4. The molecule has 1 unspecified atom stereocenters. The summed E-state index contributed by atoms with van der Waals surface area (Å²) in [4.78, 5) is 9.99. The molecular formula is C11H12F3NO4. The van der Waals surface area contributed by atoms with Gasteiger partial charge in [0.15, 0.2) is 11.5 Å². The first-order valence-electron chi connectivity index (χ1n) is 5.19. The minimum Gasteiger partial charge on any atom is -0.493 e. The Balaban J connectivity index is 3.48. The number of nitro benzene ring substituents is 1. The van der Waals surface area contributed by atoms with Gasteiger partial charge in [-0.2, -0.15) is 13.2 Å². The molecule has 0 spiro atoms. The Morgan fingerprint density at radius 2 is 1.68 bits per heavy atom. The van der Waals surface area contributed by atoms with Crippen LogP contribution in [0.1, 0.15) is 18.4 Å². The van der Waals surface area contributed by atoms with Gasteiger partial charge in [0, 0.05) is 5.56 Å². The highest BCUT2D eigenvalue weighted by Crippen LogP contribution is 2.43. The second-order valence-corrected chi connectivity index (χ2v) is 3.79. The number of rotatable bonds is 4. The summed E-state index contributed by atoms with van der Waals surface area (Å²) < 4.78 is 47.8. The molecule has 0 saturated heterocycles. The van der Waals surface area contributed by atoms with Crippen molar-refractivity contribution in [1.29, 1.82) is 0 Å². The minimum atomic E-state index is -4.58. The molecule has 1 atom stereocenters. The van der Waals surface area contributed by atoms with Crippen LogP contribution in [0, 0.1) is 10.1 Å². The van der Waals surface area contributed by atoms with Crippen molar-refractivity contribution >= 4 is 5.69 Å². The zero-order valence-electron chi connectivity index (χ0n) is 10.4. The molecule has 5 nitrogen and oxygen atoms in total. The van der Waals surface area contributed by atoms with E-state index in [9.17, 15) is 23.3 Å². The predicted molar refractivity (Wildman–Crippen MR) is 60.7 cm³/mol. The molecule has 1 rings (SSSR count). The topological polar surface area (TPSA) is 61.6 Å². The number of nitro groups is 1. The number of hydrogen-bond acceptors (Lipinski definition) is 4. The number of halogens is 3. The smallest absolute Gasteiger partial charge is 0.395 e. The maximum absolute atomic E-state index is 12.7. The Morgan fingerprint density at radius 3 is 2.05 bits per heavy atom. The van der Waals surface area contributed by atoms with E-state index in [-0.39, 0.29) is 11.5 Å². The van der Waals surface area contributed by atoms with Gasteiger partial charge in [0.25, 0.3) is 5.69 Å². The lowest BCUT2D eigenvalue weighted by atomic mass is 9.98. The summed E-state index contributed by atoms with van der Waals surface area (Å²) in [7, 11) is 2.49. The first-order valence-corrected chi connectivity index (χ1v) is 5.19. The summed E-state index contributed by atoms with van der Waals surface area (Å²) in [5.74, 6) is -1.96. The van der Waals surface area contributed by atoms with Crippen LogP contribution in [-0.4, -0.2) is 25.3 Å². The number of methoxy groups -OCH3 is 2. The van der Waals surface area contributed by atoms with Gasteiger partial charge in [-0.15, -0.1) is 0 Å². The van der Waals surface area contributed by atoms with E-state index < -0.39 is 28.3 Å². The largest absolute Gasteiger partial charge is 0.493 e. The third-order valence-electron chi connectivity index (χ3n) is 2.69. The van der Waals surface area contributed by atoms with Crippen molar-refractivity contribution in [3.8, 4) is 11.5 Å². The van der Waals surface area contributed by atoms with E-state index in [1.807, 2.05) is 0 Å². The van der Waals surface area contributed by atoms with Crippen LogP contribution in [0.25, 0.3) is 0 Å². The molecule has 1 aromatic carbocycles. The second kappa shape index (κ2) is 5.33. The SMILES string of the molecule is COc1cc(C(C)C(F)(F)F)c([N+](=O)[O-])cc1OC. The van der Waals surface area contributed by atoms with Gasteiger partial charge in [0.1, 0.15) is 0 Å². The Labute approximate surface area is 107 Å². The van der Waals surface area contributed by atoms with E-state index in [2.05, 4.69) is 0 Å². The molecular weight excluding hydrogens is 267 g/mol. The first kappa shape index (κ1) is 15.1. The van der Waals surface area contributed by atoms with E-state index in [0.29, 0.717) is 0 Å². The van der Waals surface area contributed by atoms with Gasteiger partial charge >= 0.3 is 6.18 Å². The summed E-state index contributed by atoms with van der Waals surface area (Å²) in [6, 6.07) is 1.91. The van der Waals surface area contributed by atoms with Crippen LogP contribution in [0.4, 0.5) is 18.9 Å². The standard InChI is InChI=1S/C11H12F3NO4/c1-6(11(12,13)14)7-4-9(18-2)10(19-3)5-8(7)15(16)17/h4-6H,1-3H3. The van der Waals surface area contributed by atoms with Crippen molar-refractivity contribution < 1.29 is 27.6 Å². The van der Waals surface area contributed by atoms with Gasteiger partial charge in [-0.05, 0) is 13.0 Å². The molecule has 8 heteroatoms. The summed E-state index contributed by atoms with van der Waals surface area (Å²) in [6.45, 7) is 0.855. The van der Waals surface area contributed by atoms with Crippen molar-refractivity contribution in [3.05, 3.63) is 27.8 Å². The van der Waals surface area contributed by atoms with Crippen molar-refractivity contribution in [2.24, 2.45) is 0 Å². The lowest BCUT2D eigenvalue weighted by Gasteiger charge is -2.17. The normalized spacial score (nSPS) is 12.9. The molecule has 0 aromatic heterocycles. The minimum absolute atomic E-state index is 0.00678. The van der Waals surface area contributed by atoms with E-state index >= 15 is 0 Å². The van der Waals surface area contributed by atoms with Gasteiger partial charge in [-0.1, -0.05) is 0 Å². The Morgan fingerprint density at radius 1 is 1.21 bits per heavy atom. The fourth-order valence-corrected chi connectivity index (χ4v) is 1.57. The summed E-state index contributed by atoms with van der Waals surface area (Å²) >= 11 is 0. The van der Waals surface area contributed by atoms with Crippen molar-refractivity contribution in [3.63, 3.8) is 0 Å². The van der Waals surface area contributed by atoms with Crippen LogP contribution in [0.2, 0.25) is 0 Å². The van der Waals surface area contributed by atoms with Gasteiger partial charge < -0.3 is 9.47 Å². The highest BCUT2D eigenvalue weighted by atomic mass is 19.4. The Bertz CT molecular complexity index is 488. The average molecular weight is 279 g/mol. The maximum Gasteiger partial charge on any atom is 0.395 e. The number of ether oxygens (including phenoxy) is 2. The van der Waals surface area contributed by atoms with Crippen molar-refractivity contribution in [2.45, 2.75) is 19.0 Å². The Kier molecular flexibility index (Phi) is 4.23. The summed E-state index contributed by atoms with van der Waals surface area (Å²) in [5, 5.41) is 10.9. The maximum atomic E-state index is 12.7. The average Bonchev–Trinajstić information content (AvgIpc) is 2.34. The Hall–Kier alpha value is -1.99. The number of benzene rings is 1. The lowest BCUT2D eigenvalue weighted by Crippen LogP contribution is -2.19. The molecule has 0 heterocycles. The van der Waals surface area contributed by atoms with Crippen molar-refractivity contribution in [1.82, 2.24) is 0 Å². The third-order valence-corrected chi connectivity index (χ3v) is 2.69. The number of nitrogens with zero attached hydrogens (tertiary/aromatic N) is 1. The number of hydrogen-bond donors (Lipinski definition) is 0. The quantitative estimate of drug-likeness (QED) is 0.626. The monoisotopic (exact) mass is 279 g/mol. The van der Waals surface area contributed by atoms with Crippen LogP contribution in [-0.2, 0) is 0 Å². The molecule has 0 aliphatic heterocycles. The van der Waals surface area contributed by atoms with Gasteiger partial charge in [0.05, 0.1) is 31.1 Å². The molecule has 0 fully saturated rings. The van der Waals surface area contributed by atoms with E-state index in [1.54, 1.807) is 0 Å². The molecule has 0 aliphatic carbocycles. The second-order valence-electron chi connectivity index (χ2n) is 3.79.